The number of aliphatic imine (C=N–C) groups is 1. The molecule has 0 radical (unpaired) electrons. The maximum absolute atomic E-state index is 11.7. The molecule has 2 N–H and O–H groups in total. The van der Waals surface area contributed by atoms with Gasteiger partial charge in [-0.1, -0.05) is 30.3 Å². The van der Waals surface area contributed by atoms with Crippen molar-refractivity contribution in [3.63, 3.8) is 0 Å². The number of alkyl carbamates (subject to hydrolysis) is 1. The van der Waals surface area contributed by atoms with Crippen LogP contribution in [-0.4, -0.2) is 50.2 Å². The van der Waals surface area contributed by atoms with Crippen molar-refractivity contribution < 1.29 is 9.53 Å². The van der Waals surface area contributed by atoms with E-state index in [1.54, 1.807) is 7.05 Å². The molecule has 1 atom stereocenters. The van der Waals surface area contributed by atoms with Crippen molar-refractivity contribution in [1.82, 2.24) is 15.5 Å². The van der Waals surface area contributed by atoms with Crippen molar-refractivity contribution in [2.24, 2.45) is 10.9 Å². The van der Waals surface area contributed by atoms with Gasteiger partial charge in [0, 0.05) is 27.2 Å². The molecule has 0 saturated heterocycles. The average molecular weight is 460 g/mol. The lowest BCUT2D eigenvalue weighted by Crippen LogP contribution is -2.48. The molecule has 0 aromatic heterocycles. The molecule has 1 aromatic rings. The summed E-state index contributed by atoms with van der Waals surface area (Å²) in [4.78, 5) is 18.1. The molecule has 2 rings (SSSR count). The van der Waals surface area contributed by atoms with Crippen LogP contribution in [0.1, 0.15) is 25.3 Å². The molecule has 6 nitrogen and oxygen atoms in total. The van der Waals surface area contributed by atoms with Gasteiger partial charge >= 0.3 is 6.09 Å². The van der Waals surface area contributed by atoms with Crippen LogP contribution >= 0.6 is 24.0 Å². The number of carbonyl (C=O) groups is 1. The van der Waals surface area contributed by atoms with Gasteiger partial charge in [0.2, 0.25) is 0 Å². The number of amides is 1. The van der Waals surface area contributed by atoms with E-state index < -0.39 is 0 Å². The molecule has 0 heterocycles. The molecule has 1 aliphatic rings. The van der Waals surface area contributed by atoms with E-state index in [0.29, 0.717) is 19.1 Å². The monoisotopic (exact) mass is 460 g/mol. The average Bonchev–Trinajstić information content (AvgIpc) is 3.40. The molecule has 7 heteroatoms. The molecular weight excluding hydrogens is 431 g/mol. The van der Waals surface area contributed by atoms with Gasteiger partial charge in [0.1, 0.15) is 0 Å². The first kappa shape index (κ1) is 21.5. The summed E-state index contributed by atoms with van der Waals surface area (Å²) in [6, 6.07) is 10.3. The molecular formula is C18H29IN4O2. The highest BCUT2D eigenvalue weighted by molar-refractivity contribution is 14.0. The normalized spacial score (nSPS) is 14.9. The number of ether oxygens (including phenoxy) is 1. The number of benzene rings is 1. The number of hydrogen-bond acceptors (Lipinski definition) is 3. The zero-order valence-corrected chi connectivity index (χ0v) is 17.5. The summed E-state index contributed by atoms with van der Waals surface area (Å²) in [5.41, 5.74) is 1.23. The van der Waals surface area contributed by atoms with Crippen molar-refractivity contribution in [3.8, 4) is 0 Å². The summed E-state index contributed by atoms with van der Waals surface area (Å²) >= 11 is 0. The van der Waals surface area contributed by atoms with Crippen LogP contribution in [0.25, 0.3) is 0 Å². The van der Waals surface area contributed by atoms with E-state index in [0.717, 1.165) is 25.3 Å². The van der Waals surface area contributed by atoms with Gasteiger partial charge in [0.05, 0.1) is 12.6 Å². The van der Waals surface area contributed by atoms with E-state index in [1.807, 2.05) is 32.2 Å². The lowest BCUT2D eigenvalue weighted by molar-refractivity contribution is 0.146. The number of hydrogen-bond donors (Lipinski definition) is 2. The third kappa shape index (κ3) is 7.50. The number of rotatable bonds is 7. The fourth-order valence-electron chi connectivity index (χ4n) is 2.68. The number of nitrogens with one attached hydrogen (secondary N) is 2. The first-order valence-electron chi connectivity index (χ1n) is 8.53. The van der Waals surface area contributed by atoms with Gasteiger partial charge in [-0.2, -0.15) is 0 Å². The van der Waals surface area contributed by atoms with Crippen molar-refractivity contribution in [2.45, 2.75) is 32.4 Å². The largest absolute Gasteiger partial charge is 0.450 e. The van der Waals surface area contributed by atoms with Gasteiger partial charge in [-0.3, -0.25) is 4.99 Å². The van der Waals surface area contributed by atoms with Crippen LogP contribution in [-0.2, 0) is 11.3 Å². The second-order valence-corrected chi connectivity index (χ2v) is 6.08. The minimum absolute atomic E-state index is 0. The molecule has 0 spiro atoms. The molecule has 1 aliphatic carbocycles. The molecule has 1 saturated carbocycles. The van der Waals surface area contributed by atoms with E-state index in [2.05, 4.69) is 32.7 Å². The number of nitrogens with zero attached hydrogens (tertiary/aromatic N) is 2. The Morgan fingerprint density at radius 1 is 1.36 bits per heavy atom. The molecule has 25 heavy (non-hydrogen) atoms. The zero-order valence-electron chi connectivity index (χ0n) is 15.2. The van der Waals surface area contributed by atoms with Gasteiger partial charge < -0.3 is 20.3 Å². The fraction of sp³-hybridized carbons (Fsp3) is 0.556. The van der Waals surface area contributed by atoms with E-state index in [9.17, 15) is 4.79 Å². The van der Waals surface area contributed by atoms with Crippen LogP contribution < -0.4 is 10.6 Å². The lowest BCUT2D eigenvalue weighted by atomic mass is 10.2. The highest BCUT2D eigenvalue weighted by Gasteiger charge is 2.32. The molecule has 1 unspecified atom stereocenters. The third-order valence-corrected chi connectivity index (χ3v) is 4.09. The quantitative estimate of drug-likeness (QED) is 0.373. The van der Waals surface area contributed by atoms with Gasteiger partial charge in [-0.25, -0.2) is 4.79 Å². The summed E-state index contributed by atoms with van der Waals surface area (Å²) in [6.07, 6.45) is 1.96. The Bertz CT molecular complexity index is 549. The second kappa shape index (κ2) is 11.2. The van der Waals surface area contributed by atoms with Crippen molar-refractivity contribution in [3.05, 3.63) is 35.9 Å². The minimum Gasteiger partial charge on any atom is -0.450 e. The summed E-state index contributed by atoms with van der Waals surface area (Å²) in [6.45, 7) is 3.62. The summed E-state index contributed by atoms with van der Waals surface area (Å²) < 4.78 is 4.99. The van der Waals surface area contributed by atoms with E-state index in [-0.39, 0.29) is 36.1 Å². The maximum Gasteiger partial charge on any atom is 0.407 e. The highest BCUT2D eigenvalue weighted by atomic mass is 127. The summed E-state index contributed by atoms with van der Waals surface area (Å²) in [5, 5.41) is 6.31. The SMILES string of the molecule is CCOC(=O)NC(CNC(=NC)N(C)Cc1ccccc1)C1CC1.I. The van der Waals surface area contributed by atoms with Crippen molar-refractivity contribution in [2.75, 3.05) is 27.2 Å². The first-order chi connectivity index (χ1) is 11.6. The number of guanidine groups is 1. The lowest BCUT2D eigenvalue weighted by Gasteiger charge is -2.25. The van der Waals surface area contributed by atoms with Crippen molar-refractivity contribution >= 4 is 36.0 Å². The van der Waals surface area contributed by atoms with Crippen LogP contribution in [0.5, 0.6) is 0 Å². The van der Waals surface area contributed by atoms with Crippen LogP contribution in [0.2, 0.25) is 0 Å². The third-order valence-electron chi connectivity index (χ3n) is 4.09. The van der Waals surface area contributed by atoms with E-state index in [1.165, 1.54) is 5.56 Å². The maximum atomic E-state index is 11.7. The van der Waals surface area contributed by atoms with Crippen LogP contribution in [0, 0.1) is 5.92 Å². The zero-order chi connectivity index (χ0) is 17.4. The fourth-order valence-corrected chi connectivity index (χ4v) is 2.68. The molecule has 1 aromatic carbocycles. The Balaban J connectivity index is 0.00000312. The Morgan fingerprint density at radius 2 is 2.04 bits per heavy atom. The Labute approximate surface area is 167 Å². The summed E-state index contributed by atoms with van der Waals surface area (Å²) in [7, 11) is 3.78. The van der Waals surface area contributed by atoms with E-state index in [4.69, 9.17) is 4.74 Å². The van der Waals surface area contributed by atoms with Crippen LogP contribution in [0.3, 0.4) is 0 Å². The Kier molecular flexibility index (Phi) is 9.62. The Morgan fingerprint density at radius 3 is 2.60 bits per heavy atom. The standard InChI is InChI=1S/C18H28N4O2.HI/c1-4-24-18(23)21-16(15-10-11-15)12-20-17(19-2)22(3)13-14-8-6-5-7-9-14;/h5-9,15-16H,4,10-13H2,1-3H3,(H,19,20)(H,21,23);1H. The number of carbonyl (C=O) groups excluding carboxylic acids is 1. The molecule has 0 bridgehead atoms. The van der Waals surface area contributed by atoms with Gasteiger partial charge in [0.15, 0.2) is 5.96 Å². The van der Waals surface area contributed by atoms with Gasteiger partial charge in [0.25, 0.3) is 0 Å². The first-order valence-corrected chi connectivity index (χ1v) is 8.53. The predicted octanol–water partition coefficient (Wildman–Crippen LogP) is 2.84. The van der Waals surface area contributed by atoms with Crippen molar-refractivity contribution in [1.29, 1.82) is 0 Å². The number of halogens is 1. The second-order valence-electron chi connectivity index (χ2n) is 6.08. The minimum atomic E-state index is -0.344. The highest BCUT2D eigenvalue weighted by Crippen LogP contribution is 2.32. The van der Waals surface area contributed by atoms with Gasteiger partial charge in [-0.05, 0) is 31.2 Å². The smallest absolute Gasteiger partial charge is 0.407 e. The predicted molar refractivity (Wildman–Crippen MR) is 111 cm³/mol. The van der Waals surface area contributed by atoms with E-state index >= 15 is 0 Å². The van der Waals surface area contributed by atoms with Gasteiger partial charge in [-0.15, -0.1) is 24.0 Å². The van der Waals surface area contributed by atoms with Crippen LogP contribution in [0.4, 0.5) is 4.79 Å². The molecule has 1 amide bonds. The molecule has 0 aliphatic heterocycles. The summed E-state index contributed by atoms with van der Waals surface area (Å²) in [5.74, 6) is 1.34. The Hall–Kier alpha value is -1.51. The molecule has 140 valence electrons. The topological polar surface area (TPSA) is 66.0 Å². The van der Waals surface area contributed by atoms with Crippen LogP contribution in [0.15, 0.2) is 35.3 Å². The molecule has 1 fully saturated rings.